The number of thiocarbonyl (C=S) groups is 3. The number of hydrogen-bond donors (Lipinski definition) is 4. The Labute approximate surface area is 681 Å². The van der Waals surface area contributed by atoms with Crippen LogP contribution in [0.3, 0.4) is 0 Å². The van der Waals surface area contributed by atoms with E-state index >= 15 is 0 Å². The Kier molecular flexibility index (Phi) is 37.5. The first kappa shape index (κ1) is 92.3. The molecule has 45 heteroatoms. The van der Waals surface area contributed by atoms with Crippen molar-refractivity contribution in [1.29, 1.82) is 10.5 Å². The molecule has 9 aliphatic rings. The van der Waals surface area contributed by atoms with Gasteiger partial charge in [0.15, 0.2) is 24.6 Å². The SMILES string of the molecule is CC1=NN(c2ccc(C(=O)O)cc2)C(=O)C1.CC1=NN(c2ccccc2)C(=O)C1.CCN1C(=O)/C(=C2\SCC(=O)N2COC=O)SC1=S.CCN1C(=O)CSC1=S.CCN=C1OCC(=O)N1CC(=O)O.CCOC(=O)CN1C(=O)CSC1=S.N#CC(C#N)=C1SCC(=O)N1CC(=O)O.O=C(O)C1=NN(c2ccccc2)C(=O)C1. The van der Waals surface area contributed by atoms with Gasteiger partial charge >= 0.3 is 29.8 Å². The zero-order valence-electron chi connectivity index (χ0n) is 60.6. The van der Waals surface area contributed by atoms with Gasteiger partial charge in [0, 0.05) is 31.1 Å². The summed E-state index contributed by atoms with van der Waals surface area (Å²) >= 11 is 21.0. The van der Waals surface area contributed by atoms with Crippen LogP contribution in [0.1, 0.15) is 71.2 Å². The minimum absolute atomic E-state index is 0.0451. The monoisotopic (exact) mass is 1700 g/mol. The van der Waals surface area contributed by atoms with Gasteiger partial charge in [0.05, 0.1) is 71.5 Å². The number of aliphatic imine (C=N–C) groups is 1. The molecule has 596 valence electrons. The highest BCUT2D eigenvalue weighted by atomic mass is 32.2. The predicted octanol–water partition coefficient (Wildman–Crippen LogP) is 5.39. The number of amidine groups is 1. The topological polar surface area (TPSA) is 491 Å². The number of thioether (sulfide) groups is 5. The third-order valence-corrected chi connectivity index (χ3v) is 21.0. The third kappa shape index (κ3) is 27.2. The number of carbonyl (C=O) groups is 15. The van der Waals surface area contributed by atoms with E-state index in [1.165, 1.54) is 83.9 Å². The summed E-state index contributed by atoms with van der Waals surface area (Å²) in [5.74, 6) is -5.17. The van der Waals surface area contributed by atoms with Crippen LogP contribution in [0, 0.1) is 22.7 Å². The van der Waals surface area contributed by atoms with Crippen molar-refractivity contribution >= 4 is 238 Å². The standard InChI is InChI=1S/C11H10N2O3.C10H10N2O4S3.C10H8N2O3.C10H10N2O.C8H5N3O3S.C7H10N2O4.C7H9NO3S2.C5H7NOS2/c1-7-6-10(14)13(12-7)9-4-2-8(3-5-9)11(15)16;1-2-11-8(15)7(19-10(11)17)9-12(4-16-5-13)6(14)3-18-9;13-9-6-8(10(14)15)11-12(9)7-4-2-1-3-5-7;1-8-7-10(13)12(11-8)9-5-3-2-4-6-9;9-1-5(2-10)8-11(3-7(13)14)6(12)4-15-8;1-2-8-7-9(3-6(11)12)5(10)4-13-7;1-2-11-6(10)3-8-5(9)4-13-7(8)12;1-2-6-4(7)3-9-5(6)8/h2-5H,6H2,1H3,(H,15,16);5H,2-4H2,1H3;1-5H,6H2,(H,14,15);2-6H,7H2,1H3;3-4H2,(H,13,14);2-4H2,1H3,(H,11,12);2-4H2,1H3;2-3H2,1H3/b;9-7+;;;;;;. The van der Waals surface area contributed by atoms with E-state index in [4.69, 9.17) is 77.1 Å². The molecule has 113 heavy (non-hydrogen) atoms. The second-order valence-corrected chi connectivity index (χ2v) is 29.1. The Morgan fingerprint density at radius 2 is 1.02 bits per heavy atom. The molecule has 3 aromatic carbocycles. The number of nitrogens with zero attached hydrogens (tertiary/aromatic N) is 15. The summed E-state index contributed by atoms with van der Waals surface area (Å²) in [6, 6.07) is 27.6. The van der Waals surface area contributed by atoms with E-state index in [9.17, 15) is 71.9 Å². The lowest BCUT2D eigenvalue weighted by molar-refractivity contribution is -0.146. The van der Waals surface area contributed by atoms with Crippen molar-refractivity contribution in [2.75, 3.05) is 97.3 Å². The number of esters is 1. The summed E-state index contributed by atoms with van der Waals surface area (Å²) in [7, 11) is 0. The van der Waals surface area contributed by atoms with E-state index < -0.39 is 48.8 Å². The van der Waals surface area contributed by atoms with Gasteiger partial charge in [-0.15, -0.1) is 0 Å². The number of nitriles is 2. The van der Waals surface area contributed by atoms with Gasteiger partial charge in [0.2, 0.25) is 23.6 Å². The molecule has 4 N–H and O–H groups in total. The number of anilines is 3. The zero-order chi connectivity index (χ0) is 83.8. The van der Waals surface area contributed by atoms with E-state index in [1.54, 1.807) is 74.2 Å². The smallest absolute Gasteiger partial charge is 0.352 e. The lowest BCUT2D eigenvalue weighted by atomic mass is 10.2. The molecule has 3 aromatic rings. The number of hydrogen-bond acceptors (Lipinski definition) is 32. The van der Waals surface area contributed by atoms with Crippen LogP contribution in [0.4, 0.5) is 17.1 Å². The third-order valence-electron chi connectivity index (χ3n) is 14.4. The molecule has 12 rings (SSSR count). The van der Waals surface area contributed by atoms with Gasteiger partial charge in [-0.3, -0.25) is 91.7 Å². The minimum atomic E-state index is -1.18. The molecule has 0 saturated carbocycles. The lowest BCUT2D eigenvalue weighted by Crippen LogP contribution is -2.35. The summed E-state index contributed by atoms with van der Waals surface area (Å²) in [4.78, 5) is 178. The van der Waals surface area contributed by atoms with Gasteiger partial charge in [-0.25, -0.2) is 24.6 Å². The van der Waals surface area contributed by atoms with Gasteiger partial charge in [-0.05, 0) is 90.1 Å². The first-order valence-electron chi connectivity index (χ1n) is 32.8. The van der Waals surface area contributed by atoms with Gasteiger partial charge in [0.1, 0.15) is 59.7 Å². The molecule has 6 fully saturated rings. The molecule has 0 atom stereocenters. The molecular weight excluding hydrogens is 1640 g/mol. The van der Waals surface area contributed by atoms with Crippen molar-refractivity contribution < 1.29 is 107 Å². The second kappa shape index (κ2) is 45.9. The number of carboxylic acids is 4. The van der Waals surface area contributed by atoms with E-state index in [2.05, 4.69) is 25.0 Å². The molecule has 0 radical (unpaired) electrons. The maximum absolute atomic E-state index is 12.2. The van der Waals surface area contributed by atoms with Crippen LogP contribution in [-0.2, 0) is 81.3 Å². The molecule has 9 aliphatic heterocycles. The first-order valence-corrected chi connectivity index (χ1v) is 38.8. The summed E-state index contributed by atoms with van der Waals surface area (Å²) in [6.07, 6.45) is 0.611. The summed E-state index contributed by atoms with van der Waals surface area (Å²) < 4.78 is 15.8. The molecule has 0 aliphatic carbocycles. The molecule has 0 unspecified atom stereocenters. The number of aromatic carboxylic acids is 1. The van der Waals surface area contributed by atoms with Crippen molar-refractivity contribution in [2.24, 2.45) is 20.3 Å². The maximum atomic E-state index is 12.2. The molecule has 37 nitrogen and oxygen atoms in total. The number of allylic oxidation sites excluding steroid dienone is 1. The first-order chi connectivity index (χ1) is 53.8. The van der Waals surface area contributed by atoms with Crippen molar-refractivity contribution in [3.05, 3.63) is 111 Å². The van der Waals surface area contributed by atoms with E-state index in [0.717, 1.165) is 48.0 Å². The Morgan fingerprint density at radius 3 is 1.43 bits per heavy atom. The summed E-state index contributed by atoms with van der Waals surface area (Å²) in [5.41, 5.74) is 3.48. The number of carbonyl (C=O) groups excluding carboxylic acids is 11. The number of para-hydroxylation sites is 2. The fraction of sp³-hybridized carbons (Fsp3) is 0.324. The number of carboxylic acid groups (broad SMARTS) is 4. The average Bonchev–Trinajstić information content (AvgIpc) is 1.63. The summed E-state index contributed by atoms with van der Waals surface area (Å²) in [6.45, 7) is 11.9. The molecule has 0 bridgehead atoms. The highest BCUT2D eigenvalue weighted by molar-refractivity contribution is 8.27. The van der Waals surface area contributed by atoms with Crippen LogP contribution >= 0.6 is 95.5 Å². The minimum Gasteiger partial charge on any atom is -0.480 e. The highest BCUT2D eigenvalue weighted by Crippen LogP contribution is 2.41. The molecule has 0 spiro atoms. The van der Waals surface area contributed by atoms with Gasteiger partial charge in [-0.1, -0.05) is 132 Å². The zero-order valence-corrected chi connectivity index (χ0v) is 67.1. The number of aliphatic carboxylic acids is 3. The molecule has 0 aromatic heterocycles. The summed E-state index contributed by atoms with van der Waals surface area (Å²) in [5, 5.41) is 68.1. The second-order valence-electron chi connectivity index (χ2n) is 22.3. The van der Waals surface area contributed by atoms with Crippen molar-refractivity contribution in [3.8, 4) is 12.1 Å². The Balaban J connectivity index is 0.000000232. The van der Waals surface area contributed by atoms with Crippen molar-refractivity contribution in [3.63, 3.8) is 0 Å². The van der Waals surface area contributed by atoms with E-state index in [1.807, 2.05) is 57.2 Å². The van der Waals surface area contributed by atoms with Crippen LogP contribution < -0.4 is 15.0 Å². The molecule has 6 saturated heterocycles. The molecule has 9 amide bonds. The quantitative estimate of drug-likeness (QED) is 0.0407. The Bertz CT molecular complexity index is 4480. The number of benzene rings is 3. The fourth-order valence-electron chi connectivity index (χ4n) is 9.30. The fourth-order valence-corrected chi connectivity index (χ4v) is 15.1. The normalized spacial score (nSPS) is 17.6. The molecular formula is C68H69N15O22S8. The average molecular weight is 1700 g/mol. The number of ether oxygens (including phenoxy) is 3. The van der Waals surface area contributed by atoms with E-state index in [-0.39, 0.29) is 119 Å². The largest absolute Gasteiger partial charge is 0.480 e. The van der Waals surface area contributed by atoms with Gasteiger partial charge in [0.25, 0.3) is 42.0 Å². The van der Waals surface area contributed by atoms with Gasteiger partial charge < -0.3 is 34.6 Å². The Morgan fingerprint density at radius 1 is 0.549 bits per heavy atom. The molecule has 9 heterocycles. The van der Waals surface area contributed by atoms with Crippen LogP contribution in [0.5, 0.6) is 0 Å². The number of likely N-dealkylation sites (N-methyl/N-ethyl adjacent to an activating group) is 1. The van der Waals surface area contributed by atoms with Crippen molar-refractivity contribution in [2.45, 2.75) is 60.8 Å². The number of hydrazone groups is 3. The highest BCUT2D eigenvalue weighted by Gasteiger charge is 2.40. The number of amides is 9. The van der Waals surface area contributed by atoms with Gasteiger partial charge in [-0.2, -0.15) is 30.8 Å². The van der Waals surface area contributed by atoms with Crippen LogP contribution in [0.25, 0.3) is 0 Å². The maximum Gasteiger partial charge on any atom is 0.352 e. The van der Waals surface area contributed by atoms with Crippen LogP contribution in [-0.4, -0.2) is 258 Å². The Hall–Kier alpha value is -11.3. The van der Waals surface area contributed by atoms with Crippen molar-refractivity contribution in [1.82, 2.24) is 29.4 Å². The van der Waals surface area contributed by atoms with Crippen LogP contribution in [0.15, 0.2) is 126 Å². The van der Waals surface area contributed by atoms with E-state index in [0.29, 0.717) is 80.5 Å². The number of rotatable bonds is 18. The van der Waals surface area contributed by atoms with Crippen LogP contribution in [0.2, 0.25) is 0 Å². The lowest BCUT2D eigenvalue weighted by Gasteiger charge is -2.16. The predicted molar refractivity (Wildman–Crippen MR) is 429 cm³/mol.